The van der Waals surface area contributed by atoms with Gasteiger partial charge in [0.15, 0.2) is 11.6 Å². The van der Waals surface area contributed by atoms with E-state index in [4.69, 9.17) is 0 Å². The number of aromatic hydroxyl groups is 1. The predicted molar refractivity (Wildman–Crippen MR) is 66.3 cm³/mol. The zero-order valence-corrected chi connectivity index (χ0v) is 10.1. The van der Waals surface area contributed by atoms with Gasteiger partial charge in [-0.15, -0.1) is 0 Å². The summed E-state index contributed by atoms with van der Waals surface area (Å²) < 4.78 is 13.1. The molecule has 0 aliphatic heterocycles. The number of nitrogens with one attached hydrogen (secondary N) is 1. The van der Waals surface area contributed by atoms with Crippen molar-refractivity contribution in [2.75, 3.05) is 6.54 Å². The van der Waals surface area contributed by atoms with Gasteiger partial charge in [-0.1, -0.05) is 31.4 Å². The second-order valence-electron chi connectivity index (χ2n) is 4.88. The van der Waals surface area contributed by atoms with E-state index in [-0.39, 0.29) is 5.75 Å². The molecule has 1 aliphatic rings. The summed E-state index contributed by atoms with van der Waals surface area (Å²) in [6.45, 7) is 1.51. The molecule has 0 unspecified atom stereocenters. The molecule has 1 saturated carbocycles. The number of halogens is 1. The molecule has 1 aromatic rings. The minimum Gasteiger partial charge on any atom is -0.505 e. The zero-order valence-electron chi connectivity index (χ0n) is 10.1. The summed E-state index contributed by atoms with van der Waals surface area (Å²) in [5.74, 6) is -0.00920. The number of hydrogen-bond acceptors (Lipinski definition) is 2. The van der Waals surface area contributed by atoms with Crippen LogP contribution >= 0.6 is 0 Å². The summed E-state index contributed by atoms with van der Waals surface area (Å²) in [4.78, 5) is 0. The Bertz CT molecular complexity index is 361. The van der Waals surface area contributed by atoms with Crippen molar-refractivity contribution in [2.45, 2.75) is 38.6 Å². The molecule has 2 N–H and O–H groups in total. The van der Waals surface area contributed by atoms with Gasteiger partial charge in [-0.25, -0.2) is 4.39 Å². The van der Waals surface area contributed by atoms with Gasteiger partial charge < -0.3 is 10.4 Å². The zero-order chi connectivity index (χ0) is 12.1. The van der Waals surface area contributed by atoms with Crippen molar-refractivity contribution in [3.8, 4) is 5.75 Å². The Balaban J connectivity index is 1.79. The van der Waals surface area contributed by atoms with E-state index in [1.807, 2.05) is 0 Å². The molecule has 2 rings (SSSR count). The smallest absolute Gasteiger partial charge is 0.165 e. The molecule has 0 radical (unpaired) electrons. The fourth-order valence-corrected chi connectivity index (χ4v) is 2.50. The van der Waals surface area contributed by atoms with Gasteiger partial charge >= 0.3 is 0 Å². The molecular formula is C14H20FNO. The highest BCUT2D eigenvalue weighted by Gasteiger charge is 2.13. The Morgan fingerprint density at radius 3 is 2.76 bits per heavy atom. The van der Waals surface area contributed by atoms with Crippen molar-refractivity contribution in [1.82, 2.24) is 5.32 Å². The monoisotopic (exact) mass is 237 g/mol. The summed E-state index contributed by atoms with van der Waals surface area (Å²) in [7, 11) is 0. The molecule has 94 valence electrons. The first kappa shape index (κ1) is 12.4. The molecule has 0 saturated heterocycles. The minimum absolute atomic E-state index is 0.219. The van der Waals surface area contributed by atoms with Crippen molar-refractivity contribution in [2.24, 2.45) is 5.92 Å². The minimum atomic E-state index is -0.540. The molecule has 0 heterocycles. The lowest BCUT2D eigenvalue weighted by molar-refractivity contribution is 0.340. The first-order chi connectivity index (χ1) is 8.27. The van der Waals surface area contributed by atoms with Crippen molar-refractivity contribution < 1.29 is 9.50 Å². The van der Waals surface area contributed by atoms with Crippen LogP contribution < -0.4 is 5.32 Å². The Morgan fingerprint density at radius 1 is 1.24 bits per heavy atom. The van der Waals surface area contributed by atoms with Crippen LogP contribution in [0.5, 0.6) is 5.75 Å². The van der Waals surface area contributed by atoms with Crippen LogP contribution in [0.4, 0.5) is 4.39 Å². The molecule has 0 bridgehead atoms. The Kier molecular flexibility index (Phi) is 4.37. The SMILES string of the molecule is Oc1c(F)cccc1CNCC1CCCCC1. The van der Waals surface area contributed by atoms with Gasteiger partial charge in [0.05, 0.1) is 0 Å². The number of rotatable bonds is 4. The molecule has 0 spiro atoms. The summed E-state index contributed by atoms with van der Waals surface area (Å²) >= 11 is 0. The molecule has 0 amide bonds. The van der Waals surface area contributed by atoms with Crippen molar-refractivity contribution in [3.05, 3.63) is 29.6 Å². The summed E-state index contributed by atoms with van der Waals surface area (Å²) in [5, 5.41) is 12.8. The van der Waals surface area contributed by atoms with E-state index in [0.29, 0.717) is 12.1 Å². The van der Waals surface area contributed by atoms with Gasteiger partial charge in [0.25, 0.3) is 0 Å². The van der Waals surface area contributed by atoms with Crippen LogP contribution in [0.15, 0.2) is 18.2 Å². The van der Waals surface area contributed by atoms with Crippen LogP contribution in [0.25, 0.3) is 0 Å². The maximum atomic E-state index is 13.1. The molecule has 17 heavy (non-hydrogen) atoms. The lowest BCUT2D eigenvalue weighted by Crippen LogP contribution is -2.24. The Labute approximate surface area is 102 Å². The van der Waals surface area contributed by atoms with E-state index in [0.717, 1.165) is 12.5 Å². The van der Waals surface area contributed by atoms with Gasteiger partial charge in [0.1, 0.15) is 0 Å². The van der Waals surface area contributed by atoms with E-state index in [2.05, 4.69) is 5.32 Å². The second-order valence-corrected chi connectivity index (χ2v) is 4.88. The van der Waals surface area contributed by atoms with Crippen molar-refractivity contribution in [1.29, 1.82) is 0 Å². The standard InChI is InChI=1S/C14H20FNO/c15-13-8-4-7-12(14(13)17)10-16-9-11-5-2-1-3-6-11/h4,7-8,11,16-17H,1-3,5-6,9-10H2. The number of benzene rings is 1. The molecular weight excluding hydrogens is 217 g/mol. The summed E-state index contributed by atoms with van der Waals surface area (Å²) in [6.07, 6.45) is 6.61. The van der Waals surface area contributed by atoms with Gasteiger partial charge in [0.2, 0.25) is 0 Å². The third-order valence-corrected chi connectivity index (χ3v) is 3.54. The van der Waals surface area contributed by atoms with Crippen molar-refractivity contribution in [3.63, 3.8) is 0 Å². The predicted octanol–water partition coefficient (Wildman–Crippen LogP) is 3.20. The fraction of sp³-hybridized carbons (Fsp3) is 0.571. The highest BCUT2D eigenvalue weighted by Crippen LogP contribution is 2.23. The maximum absolute atomic E-state index is 13.1. The molecule has 0 atom stereocenters. The fourth-order valence-electron chi connectivity index (χ4n) is 2.50. The first-order valence-corrected chi connectivity index (χ1v) is 6.44. The second kappa shape index (κ2) is 6.01. The third-order valence-electron chi connectivity index (χ3n) is 3.54. The molecule has 3 heteroatoms. The average Bonchev–Trinajstić information content (AvgIpc) is 2.36. The van der Waals surface area contributed by atoms with Crippen LogP contribution in [0.2, 0.25) is 0 Å². The first-order valence-electron chi connectivity index (χ1n) is 6.44. The van der Waals surface area contributed by atoms with E-state index >= 15 is 0 Å². The highest BCUT2D eigenvalue weighted by atomic mass is 19.1. The summed E-state index contributed by atoms with van der Waals surface area (Å²) in [5.41, 5.74) is 0.640. The van der Waals surface area contributed by atoms with Crippen molar-refractivity contribution >= 4 is 0 Å². The highest BCUT2D eigenvalue weighted by molar-refractivity contribution is 5.33. The van der Waals surface area contributed by atoms with Crippen LogP contribution in [0, 0.1) is 11.7 Å². The molecule has 1 fully saturated rings. The van der Waals surface area contributed by atoms with Gasteiger partial charge in [0, 0.05) is 12.1 Å². The number of phenolic OH excluding ortho intramolecular Hbond substituents is 1. The van der Waals surface area contributed by atoms with Crippen LogP contribution in [0.3, 0.4) is 0 Å². The normalized spacial score (nSPS) is 17.2. The summed E-state index contributed by atoms with van der Waals surface area (Å²) in [6, 6.07) is 4.67. The van der Waals surface area contributed by atoms with Crippen LogP contribution in [-0.4, -0.2) is 11.7 Å². The van der Waals surface area contributed by atoms with E-state index in [1.54, 1.807) is 12.1 Å². The molecule has 0 aromatic heterocycles. The third kappa shape index (κ3) is 3.43. The maximum Gasteiger partial charge on any atom is 0.165 e. The van der Waals surface area contributed by atoms with Gasteiger partial charge in [-0.05, 0) is 31.4 Å². The Morgan fingerprint density at radius 2 is 2.00 bits per heavy atom. The van der Waals surface area contributed by atoms with E-state index in [1.165, 1.54) is 38.2 Å². The van der Waals surface area contributed by atoms with Crippen LogP contribution in [-0.2, 0) is 6.54 Å². The quantitative estimate of drug-likeness (QED) is 0.842. The molecule has 2 nitrogen and oxygen atoms in total. The molecule has 1 aliphatic carbocycles. The Hall–Kier alpha value is -1.09. The van der Waals surface area contributed by atoms with Crippen LogP contribution in [0.1, 0.15) is 37.7 Å². The lowest BCUT2D eigenvalue weighted by atomic mass is 9.89. The lowest BCUT2D eigenvalue weighted by Gasteiger charge is -2.21. The van der Waals surface area contributed by atoms with E-state index in [9.17, 15) is 9.50 Å². The van der Waals surface area contributed by atoms with E-state index < -0.39 is 5.82 Å². The largest absolute Gasteiger partial charge is 0.505 e. The number of phenols is 1. The van der Waals surface area contributed by atoms with Gasteiger partial charge in [-0.3, -0.25) is 0 Å². The number of hydrogen-bond donors (Lipinski definition) is 2. The molecule has 1 aromatic carbocycles. The number of para-hydroxylation sites is 1. The average molecular weight is 237 g/mol. The topological polar surface area (TPSA) is 32.3 Å². The van der Waals surface area contributed by atoms with Gasteiger partial charge in [-0.2, -0.15) is 0 Å².